The second kappa shape index (κ2) is 5.66. The number of aliphatic hydroxyl groups is 1. The van der Waals surface area contributed by atoms with Crippen molar-refractivity contribution in [1.82, 2.24) is 14.5 Å². The van der Waals surface area contributed by atoms with Crippen LogP contribution in [0.1, 0.15) is 30.1 Å². The van der Waals surface area contributed by atoms with E-state index in [0.717, 1.165) is 28.8 Å². The van der Waals surface area contributed by atoms with Gasteiger partial charge in [0.25, 0.3) is 0 Å². The summed E-state index contributed by atoms with van der Waals surface area (Å²) in [6.07, 6.45) is 3.54. The number of hydrogen-bond donors (Lipinski definition) is 1. The van der Waals surface area contributed by atoms with Gasteiger partial charge in [0.1, 0.15) is 11.9 Å². The third-order valence-electron chi connectivity index (χ3n) is 3.80. The van der Waals surface area contributed by atoms with E-state index < -0.39 is 6.10 Å². The topological polar surface area (TPSA) is 50.9 Å². The molecule has 1 N–H and O–H groups in total. The van der Waals surface area contributed by atoms with E-state index in [4.69, 9.17) is 0 Å². The SMILES string of the molecule is CCn1ccnc1CC(O)c1cc(C)c2ccccc2n1. The van der Waals surface area contributed by atoms with Crippen molar-refractivity contribution in [2.45, 2.75) is 32.9 Å². The Morgan fingerprint density at radius 3 is 2.90 bits per heavy atom. The fourth-order valence-corrected chi connectivity index (χ4v) is 2.64. The van der Waals surface area contributed by atoms with Crippen LogP contribution in [0.5, 0.6) is 0 Å². The number of imidazole rings is 1. The first-order valence-corrected chi connectivity index (χ1v) is 7.23. The highest BCUT2D eigenvalue weighted by Gasteiger charge is 2.15. The number of fused-ring (bicyclic) bond motifs is 1. The molecule has 21 heavy (non-hydrogen) atoms. The molecule has 3 rings (SSSR count). The predicted molar refractivity (Wildman–Crippen MR) is 83.0 cm³/mol. The highest BCUT2D eigenvalue weighted by atomic mass is 16.3. The maximum atomic E-state index is 10.5. The highest BCUT2D eigenvalue weighted by Crippen LogP contribution is 2.22. The molecule has 0 bridgehead atoms. The van der Waals surface area contributed by atoms with Crippen LogP contribution in [0, 0.1) is 6.92 Å². The molecule has 4 heteroatoms. The van der Waals surface area contributed by atoms with Crippen molar-refractivity contribution in [2.75, 3.05) is 0 Å². The summed E-state index contributed by atoms with van der Waals surface area (Å²) in [5, 5.41) is 11.6. The zero-order valence-electron chi connectivity index (χ0n) is 12.3. The van der Waals surface area contributed by atoms with E-state index in [1.807, 2.05) is 42.0 Å². The van der Waals surface area contributed by atoms with Crippen LogP contribution in [0.25, 0.3) is 10.9 Å². The Labute approximate surface area is 124 Å². The Balaban J connectivity index is 1.93. The minimum Gasteiger partial charge on any atom is -0.386 e. The molecular formula is C17H19N3O. The summed E-state index contributed by atoms with van der Waals surface area (Å²) in [6, 6.07) is 9.97. The van der Waals surface area contributed by atoms with Gasteiger partial charge < -0.3 is 9.67 Å². The molecule has 0 fully saturated rings. The third kappa shape index (κ3) is 2.67. The van der Waals surface area contributed by atoms with Gasteiger partial charge in [-0.2, -0.15) is 0 Å². The molecular weight excluding hydrogens is 262 g/mol. The zero-order valence-corrected chi connectivity index (χ0v) is 12.3. The van der Waals surface area contributed by atoms with E-state index in [2.05, 4.69) is 23.0 Å². The molecule has 4 nitrogen and oxygen atoms in total. The van der Waals surface area contributed by atoms with Crippen LogP contribution in [0.3, 0.4) is 0 Å². The lowest BCUT2D eigenvalue weighted by molar-refractivity contribution is 0.170. The van der Waals surface area contributed by atoms with Gasteiger partial charge in [-0.05, 0) is 31.5 Å². The molecule has 0 aliphatic rings. The van der Waals surface area contributed by atoms with Crippen LogP contribution >= 0.6 is 0 Å². The van der Waals surface area contributed by atoms with Gasteiger partial charge in [0.2, 0.25) is 0 Å². The van der Waals surface area contributed by atoms with Gasteiger partial charge in [-0.3, -0.25) is 4.98 Å². The van der Waals surface area contributed by atoms with Crippen molar-refractivity contribution < 1.29 is 5.11 Å². The lowest BCUT2D eigenvalue weighted by atomic mass is 10.1. The van der Waals surface area contributed by atoms with Crippen LogP contribution in [0.2, 0.25) is 0 Å². The Morgan fingerprint density at radius 1 is 1.29 bits per heavy atom. The molecule has 3 aromatic rings. The molecule has 0 amide bonds. The minimum absolute atomic E-state index is 0.478. The predicted octanol–water partition coefficient (Wildman–Crippen LogP) is 3.04. The van der Waals surface area contributed by atoms with Crippen molar-refractivity contribution in [3.63, 3.8) is 0 Å². The fourth-order valence-electron chi connectivity index (χ4n) is 2.64. The summed E-state index contributed by atoms with van der Waals surface area (Å²) in [5.41, 5.74) is 2.76. The van der Waals surface area contributed by atoms with Crippen LogP contribution in [0.4, 0.5) is 0 Å². The van der Waals surface area contributed by atoms with Crippen molar-refractivity contribution >= 4 is 10.9 Å². The lowest BCUT2D eigenvalue weighted by Crippen LogP contribution is -2.10. The highest BCUT2D eigenvalue weighted by molar-refractivity contribution is 5.82. The van der Waals surface area contributed by atoms with Crippen molar-refractivity contribution in [1.29, 1.82) is 0 Å². The normalized spacial score (nSPS) is 12.7. The zero-order chi connectivity index (χ0) is 14.8. The lowest BCUT2D eigenvalue weighted by Gasteiger charge is -2.13. The van der Waals surface area contributed by atoms with Gasteiger partial charge in [0.05, 0.1) is 11.2 Å². The molecule has 0 aliphatic carbocycles. The van der Waals surface area contributed by atoms with Crippen LogP contribution < -0.4 is 0 Å². The van der Waals surface area contributed by atoms with Gasteiger partial charge in [-0.25, -0.2) is 4.98 Å². The Hall–Kier alpha value is -2.20. The molecule has 2 heterocycles. The van der Waals surface area contributed by atoms with Crippen molar-refractivity contribution in [3.8, 4) is 0 Å². The fraction of sp³-hybridized carbons (Fsp3) is 0.294. The molecule has 1 atom stereocenters. The van der Waals surface area contributed by atoms with E-state index in [9.17, 15) is 5.11 Å². The summed E-state index contributed by atoms with van der Waals surface area (Å²) in [4.78, 5) is 8.90. The number of rotatable bonds is 4. The average Bonchev–Trinajstić information content (AvgIpc) is 2.94. The molecule has 0 radical (unpaired) electrons. The standard InChI is InChI=1S/C17H19N3O/c1-3-20-9-8-18-17(20)11-16(21)15-10-12(2)13-6-4-5-7-14(13)19-15/h4-10,16,21H,3,11H2,1-2H3. The molecule has 1 aromatic carbocycles. The monoisotopic (exact) mass is 281 g/mol. The van der Waals surface area contributed by atoms with E-state index in [0.29, 0.717) is 12.1 Å². The number of aliphatic hydroxyl groups excluding tert-OH is 1. The number of benzene rings is 1. The smallest absolute Gasteiger partial charge is 0.111 e. The number of pyridine rings is 1. The summed E-state index contributed by atoms with van der Waals surface area (Å²) < 4.78 is 2.04. The number of hydrogen-bond acceptors (Lipinski definition) is 3. The molecule has 2 aromatic heterocycles. The number of nitrogens with zero attached hydrogens (tertiary/aromatic N) is 3. The summed E-state index contributed by atoms with van der Waals surface area (Å²) in [7, 11) is 0. The summed E-state index contributed by atoms with van der Waals surface area (Å²) in [5.74, 6) is 0.887. The van der Waals surface area contributed by atoms with Gasteiger partial charge in [0, 0.05) is 30.7 Å². The molecule has 0 saturated heterocycles. The Bertz CT molecular complexity index is 764. The van der Waals surface area contributed by atoms with E-state index in [-0.39, 0.29) is 0 Å². The first-order chi connectivity index (χ1) is 10.2. The summed E-state index contributed by atoms with van der Waals surface area (Å²) >= 11 is 0. The van der Waals surface area contributed by atoms with E-state index in [1.165, 1.54) is 0 Å². The molecule has 108 valence electrons. The maximum absolute atomic E-state index is 10.5. The molecule has 0 spiro atoms. The van der Waals surface area contributed by atoms with Gasteiger partial charge in [-0.15, -0.1) is 0 Å². The Kier molecular flexibility index (Phi) is 3.71. The second-order valence-corrected chi connectivity index (χ2v) is 5.23. The molecule has 1 unspecified atom stereocenters. The van der Waals surface area contributed by atoms with E-state index >= 15 is 0 Å². The largest absolute Gasteiger partial charge is 0.386 e. The molecule has 0 aliphatic heterocycles. The number of para-hydroxylation sites is 1. The molecule has 0 saturated carbocycles. The van der Waals surface area contributed by atoms with Gasteiger partial charge >= 0.3 is 0 Å². The van der Waals surface area contributed by atoms with Crippen molar-refractivity contribution in [2.24, 2.45) is 0 Å². The number of aryl methyl sites for hydroxylation is 2. The van der Waals surface area contributed by atoms with Crippen LogP contribution in [0.15, 0.2) is 42.7 Å². The van der Waals surface area contributed by atoms with Crippen LogP contribution in [-0.2, 0) is 13.0 Å². The maximum Gasteiger partial charge on any atom is 0.111 e. The minimum atomic E-state index is -0.638. The quantitative estimate of drug-likeness (QED) is 0.799. The third-order valence-corrected chi connectivity index (χ3v) is 3.80. The first kappa shape index (κ1) is 13.8. The Morgan fingerprint density at radius 2 is 2.10 bits per heavy atom. The summed E-state index contributed by atoms with van der Waals surface area (Å²) in [6.45, 7) is 4.97. The first-order valence-electron chi connectivity index (χ1n) is 7.23. The number of aromatic nitrogens is 3. The van der Waals surface area contributed by atoms with E-state index in [1.54, 1.807) is 6.20 Å². The van der Waals surface area contributed by atoms with Crippen LogP contribution in [-0.4, -0.2) is 19.6 Å². The van der Waals surface area contributed by atoms with Gasteiger partial charge in [0.15, 0.2) is 0 Å². The average molecular weight is 281 g/mol. The van der Waals surface area contributed by atoms with Gasteiger partial charge in [-0.1, -0.05) is 18.2 Å². The second-order valence-electron chi connectivity index (χ2n) is 5.23. The van der Waals surface area contributed by atoms with Crippen molar-refractivity contribution in [3.05, 3.63) is 59.8 Å².